The van der Waals surface area contributed by atoms with Gasteiger partial charge in [-0.25, -0.2) is 0 Å². The van der Waals surface area contributed by atoms with Crippen LogP contribution in [0.4, 0.5) is 0 Å². The average Bonchev–Trinajstić information content (AvgIpc) is 2.95. The predicted molar refractivity (Wildman–Crippen MR) is 66.3 cm³/mol. The van der Waals surface area contributed by atoms with Crippen LogP contribution in [-0.2, 0) is 6.54 Å². The van der Waals surface area contributed by atoms with Gasteiger partial charge in [0, 0.05) is 24.3 Å². The summed E-state index contributed by atoms with van der Waals surface area (Å²) < 4.78 is 2.02. The Hall–Kier alpha value is -0.830. The summed E-state index contributed by atoms with van der Waals surface area (Å²) in [5, 5.41) is 8.16. The highest BCUT2D eigenvalue weighted by atomic mass is 15.3. The molecule has 0 aliphatic heterocycles. The highest BCUT2D eigenvalue weighted by Crippen LogP contribution is 2.39. The first-order valence-corrected chi connectivity index (χ1v) is 6.28. The Bertz CT molecular complexity index is 348. The summed E-state index contributed by atoms with van der Waals surface area (Å²) in [5.41, 5.74) is 1.41. The molecular formula is C13H23N3. The molecule has 3 heteroatoms. The van der Waals surface area contributed by atoms with E-state index in [2.05, 4.69) is 50.4 Å². The fourth-order valence-corrected chi connectivity index (χ4v) is 2.03. The van der Waals surface area contributed by atoms with Gasteiger partial charge in [-0.1, -0.05) is 0 Å². The maximum Gasteiger partial charge on any atom is 0.0762 e. The van der Waals surface area contributed by atoms with Crippen molar-refractivity contribution in [2.24, 2.45) is 5.92 Å². The van der Waals surface area contributed by atoms with Crippen LogP contribution in [0.25, 0.3) is 0 Å². The van der Waals surface area contributed by atoms with Gasteiger partial charge >= 0.3 is 0 Å². The van der Waals surface area contributed by atoms with Gasteiger partial charge in [0.05, 0.1) is 5.69 Å². The van der Waals surface area contributed by atoms with Gasteiger partial charge in [0.25, 0.3) is 0 Å². The van der Waals surface area contributed by atoms with Gasteiger partial charge in [0.15, 0.2) is 0 Å². The molecule has 0 spiro atoms. The van der Waals surface area contributed by atoms with Crippen LogP contribution >= 0.6 is 0 Å². The first-order valence-electron chi connectivity index (χ1n) is 6.28. The normalized spacial score (nSPS) is 17.1. The van der Waals surface area contributed by atoms with Gasteiger partial charge < -0.3 is 5.32 Å². The van der Waals surface area contributed by atoms with Gasteiger partial charge in [-0.2, -0.15) is 5.10 Å². The van der Waals surface area contributed by atoms with E-state index in [1.54, 1.807) is 0 Å². The minimum absolute atomic E-state index is 0.265. The molecule has 1 saturated carbocycles. The number of nitrogens with zero attached hydrogens (tertiary/aromatic N) is 2. The fourth-order valence-electron chi connectivity index (χ4n) is 2.03. The third kappa shape index (κ3) is 2.64. The molecule has 90 valence electrons. The second kappa shape index (κ2) is 4.21. The first-order chi connectivity index (χ1) is 7.49. The first kappa shape index (κ1) is 11.6. The molecule has 1 aliphatic rings. The quantitative estimate of drug-likeness (QED) is 0.828. The van der Waals surface area contributed by atoms with Gasteiger partial charge in [0.2, 0.25) is 0 Å². The lowest BCUT2D eigenvalue weighted by Crippen LogP contribution is -2.40. The standard InChI is InChI=1S/C13H23N3/c1-10(2)16-8-7-12(15-16)9-14-13(3,4)11-5-6-11/h7-8,10-11,14H,5-6,9H2,1-4H3. The zero-order chi connectivity index (χ0) is 11.8. The molecule has 1 heterocycles. The monoisotopic (exact) mass is 221 g/mol. The van der Waals surface area contributed by atoms with E-state index in [9.17, 15) is 0 Å². The Morgan fingerprint density at radius 1 is 1.50 bits per heavy atom. The molecule has 2 rings (SSSR count). The lowest BCUT2D eigenvalue weighted by molar-refractivity contribution is 0.336. The van der Waals surface area contributed by atoms with Gasteiger partial charge in [-0.05, 0) is 52.5 Å². The van der Waals surface area contributed by atoms with E-state index >= 15 is 0 Å². The Morgan fingerprint density at radius 2 is 2.19 bits per heavy atom. The SMILES string of the molecule is CC(C)n1ccc(CNC(C)(C)C2CC2)n1. The minimum Gasteiger partial charge on any atom is -0.306 e. The third-order valence-corrected chi connectivity index (χ3v) is 3.52. The molecule has 1 aromatic rings. The van der Waals surface area contributed by atoms with Crippen LogP contribution in [0, 0.1) is 5.92 Å². The van der Waals surface area contributed by atoms with Gasteiger partial charge in [-0.15, -0.1) is 0 Å². The Balaban J connectivity index is 1.89. The summed E-state index contributed by atoms with van der Waals surface area (Å²) in [5.74, 6) is 0.861. The van der Waals surface area contributed by atoms with E-state index in [1.807, 2.05) is 4.68 Å². The molecule has 3 nitrogen and oxygen atoms in total. The second-order valence-electron chi connectivity index (χ2n) is 5.73. The van der Waals surface area contributed by atoms with Crippen LogP contribution in [-0.4, -0.2) is 15.3 Å². The zero-order valence-corrected chi connectivity index (χ0v) is 10.8. The largest absolute Gasteiger partial charge is 0.306 e. The van der Waals surface area contributed by atoms with Crippen molar-refractivity contribution in [3.05, 3.63) is 18.0 Å². The lowest BCUT2D eigenvalue weighted by Gasteiger charge is -2.25. The van der Waals surface area contributed by atoms with Crippen molar-refractivity contribution in [3.63, 3.8) is 0 Å². The summed E-state index contributed by atoms with van der Waals surface area (Å²) in [6.45, 7) is 9.77. The highest BCUT2D eigenvalue weighted by Gasteiger charge is 2.37. The van der Waals surface area contributed by atoms with Crippen molar-refractivity contribution < 1.29 is 0 Å². The summed E-state index contributed by atoms with van der Waals surface area (Å²) in [6, 6.07) is 2.56. The van der Waals surface area contributed by atoms with E-state index < -0.39 is 0 Å². The fraction of sp³-hybridized carbons (Fsp3) is 0.769. The zero-order valence-electron chi connectivity index (χ0n) is 10.8. The molecule has 0 unspecified atom stereocenters. The summed E-state index contributed by atoms with van der Waals surface area (Å²) in [6.07, 6.45) is 4.81. The molecule has 1 aromatic heterocycles. The van der Waals surface area contributed by atoms with Crippen LogP contribution in [0.3, 0.4) is 0 Å². The molecule has 1 N–H and O–H groups in total. The van der Waals surface area contributed by atoms with Crippen molar-refractivity contribution >= 4 is 0 Å². The Kier molecular flexibility index (Phi) is 3.06. The average molecular weight is 221 g/mol. The maximum absolute atomic E-state index is 4.55. The number of hydrogen-bond donors (Lipinski definition) is 1. The summed E-state index contributed by atoms with van der Waals surface area (Å²) >= 11 is 0. The van der Waals surface area contributed by atoms with Crippen LogP contribution < -0.4 is 5.32 Å². The van der Waals surface area contributed by atoms with Crippen LogP contribution in [0.5, 0.6) is 0 Å². The maximum atomic E-state index is 4.55. The van der Waals surface area contributed by atoms with E-state index in [4.69, 9.17) is 0 Å². The van der Waals surface area contributed by atoms with Gasteiger partial charge in [-0.3, -0.25) is 4.68 Å². The van der Waals surface area contributed by atoms with Crippen molar-refractivity contribution in [1.29, 1.82) is 0 Å². The Labute approximate surface area is 98.2 Å². The van der Waals surface area contributed by atoms with E-state index in [1.165, 1.54) is 12.8 Å². The molecule has 1 aliphatic carbocycles. The molecule has 0 saturated heterocycles. The minimum atomic E-state index is 0.265. The molecule has 0 amide bonds. The van der Waals surface area contributed by atoms with Crippen LogP contribution in [0.1, 0.15) is 52.3 Å². The van der Waals surface area contributed by atoms with Crippen molar-refractivity contribution in [2.75, 3.05) is 0 Å². The van der Waals surface area contributed by atoms with Crippen molar-refractivity contribution in [2.45, 2.75) is 58.7 Å². The van der Waals surface area contributed by atoms with E-state index in [0.717, 1.165) is 18.2 Å². The molecule has 0 atom stereocenters. The summed E-state index contributed by atoms with van der Waals surface area (Å²) in [7, 11) is 0. The molecule has 1 fully saturated rings. The van der Waals surface area contributed by atoms with Crippen LogP contribution in [0.15, 0.2) is 12.3 Å². The molecule has 0 aromatic carbocycles. The number of nitrogens with one attached hydrogen (secondary N) is 1. The second-order valence-corrected chi connectivity index (χ2v) is 5.73. The van der Waals surface area contributed by atoms with Crippen molar-refractivity contribution in [1.82, 2.24) is 15.1 Å². The predicted octanol–water partition coefficient (Wildman–Crippen LogP) is 2.74. The number of aromatic nitrogens is 2. The highest BCUT2D eigenvalue weighted by molar-refractivity contribution is 5.02. The topological polar surface area (TPSA) is 29.9 Å². The summed E-state index contributed by atoms with van der Waals surface area (Å²) in [4.78, 5) is 0. The molecule has 0 bridgehead atoms. The van der Waals surface area contributed by atoms with Gasteiger partial charge in [0.1, 0.15) is 0 Å². The Morgan fingerprint density at radius 3 is 2.69 bits per heavy atom. The van der Waals surface area contributed by atoms with E-state index in [-0.39, 0.29) is 5.54 Å². The van der Waals surface area contributed by atoms with E-state index in [0.29, 0.717) is 6.04 Å². The van der Waals surface area contributed by atoms with Crippen LogP contribution in [0.2, 0.25) is 0 Å². The number of hydrogen-bond acceptors (Lipinski definition) is 2. The molecule has 0 radical (unpaired) electrons. The molecule has 16 heavy (non-hydrogen) atoms. The molecular weight excluding hydrogens is 198 g/mol. The lowest BCUT2D eigenvalue weighted by atomic mass is 9.99. The third-order valence-electron chi connectivity index (χ3n) is 3.52. The number of rotatable bonds is 5. The van der Waals surface area contributed by atoms with Crippen molar-refractivity contribution in [3.8, 4) is 0 Å². The smallest absolute Gasteiger partial charge is 0.0762 e.